The standard InChI is InChI=1S/C18H20ClN3O3/c1-18(2,3)22-16(23)14-8-6-12(10-20-14)21-15-9-11(17(24)25-4)5-7-13(15)19/h5-10,21H,1-4H3,(H,22,23). The van der Waals surface area contributed by atoms with Crippen molar-refractivity contribution < 1.29 is 14.3 Å². The molecule has 0 aliphatic carbocycles. The predicted octanol–water partition coefficient (Wildman–Crippen LogP) is 3.79. The van der Waals surface area contributed by atoms with E-state index in [-0.39, 0.29) is 11.4 Å². The van der Waals surface area contributed by atoms with Gasteiger partial charge in [-0.15, -0.1) is 0 Å². The fraction of sp³-hybridized carbons (Fsp3) is 0.278. The summed E-state index contributed by atoms with van der Waals surface area (Å²) < 4.78 is 4.70. The Hall–Kier alpha value is -2.60. The highest BCUT2D eigenvalue weighted by atomic mass is 35.5. The van der Waals surface area contributed by atoms with E-state index in [9.17, 15) is 9.59 Å². The molecule has 6 nitrogen and oxygen atoms in total. The molecule has 0 radical (unpaired) electrons. The van der Waals surface area contributed by atoms with Gasteiger partial charge >= 0.3 is 5.97 Å². The van der Waals surface area contributed by atoms with Gasteiger partial charge in [-0.25, -0.2) is 9.78 Å². The van der Waals surface area contributed by atoms with Gasteiger partial charge in [0.2, 0.25) is 0 Å². The number of hydrogen-bond acceptors (Lipinski definition) is 5. The molecule has 0 aliphatic rings. The highest BCUT2D eigenvalue weighted by Gasteiger charge is 2.16. The van der Waals surface area contributed by atoms with Crippen LogP contribution < -0.4 is 10.6 Å². The summed E-state index contributed by atoms with van der Waals surface area (Å²) in [5.41, 5.74) is 1.53. The molecule has 2 rings (SSSR count). The SMILES string of the molecule is COC(=O)c1ccc(Cl)c(Nc2ccc(C(=O)NC(C)(C)C)nc2)c1. The summed E-state index contributed by atoms with van der Waals surface area (Å²) in [6.07, 6.45) is 1.53. The number of nitrogens with one attached hydrogen (secondary N) is 2. The Labute approximate surface area is 151 Å². The molecule has 0 unspecified atom stereocenters. The van der Waals surface area contributed by atoms with Crippen LogP contribution >= 0.6 is 11.6 Å². The van der Waals surface area contributed by atoms with Crippen LogP contribution in [-0.4, -0.2) is 29.5 Å². The Balaban J connectivity index is 2.16. The van der Waals surface area contributed by atoms with Gasteiger partial charge in [-0.2, -0.15) is 0 Å². The number of carbonyl (C=O) groups excluding carboxylic acids is 2. The van der Waals surface area contributed by atoms with Gasteiger partial charge in [-0.3, -0.25) is 4.79 Å². The molecule has 0 spiro atoms. The first kappa shape index (κ1) is 18.7. The molecule has 25 heavy (non-hydrogen) atoms. The fourth-order valence-corrected chi connectivity index (χ4v) is 2.19. The molecule has 2 N–H and O–H groups in total. The molecule has 1 aromatic carbocycles. The van der Waals surface area contributed by atoms with Gasteiger partial charge in [0, 0.05) is 5.54 Å². The Bertz CT molecular complexity index is 783. The number of esters is 1. The number of hydrogen-bond donors (Lipinski definition) is 2. The summed E-state index contributed by atoms with van der Waals surface area (Å²) in [5.74, 6) is -0.697. The number of ether oxygens (including phenoxy) is 1. The van der Waals surface area contributed by atoms with Gasteiger partial charge in [0.25, 0.3) is 5.91 Å². The van der Waals surface area contributed by atoms with Crippen LogP contribution in [0.4, 0.5) is 11.4 Å². The second-order valence-corrected chi connectivity index (χ2v) is 6.85. The zero-order chi connectivity index (χ0) is 18.6. The van der Waals surface area contributed by atoms with Crippen molar-refractivity contribution in [2.45, 2.75) is 26.3 Å². The number of benzene rings is 1. The lowest BCUT2D eigenvalue weighted by molar-refractivity contribution is 0.0600. The van der Waals surface area contributed by atoms with E-state index in [0.717, 1.165) is 0 Å². The molecule has 7 heteroatoms. The number of halogens is 1. The number of carbonyl (C=O) groups is 2. The quantitative estimate of drug-likeness (QED) is 0.810. The van der Waals surface area contributed by atoms with Gasteiger partial charge in [0.15, 0.2) is 0 Å². The lowest BCUT2D eigenvalue weighted by Gasteiger charge is -2.20. The Kier molecular flexibility index (Phi) is 5.64. The summed E-state index contributed by atoms with van der Waals surface area (Å²) in [4.78, 5) is 27.8. The lowest BCUT2D eigenvalue weighted by atomic mass is 10.1. The van der Waals surface area contributed by atoms with Crippen LogP contribution in [0, 0.1) is 0 Å². The van der Waals surface area contributed by atoms with E-state index in [4.69, 9.17) is 16.3 Å². The average Bonchev–Trinajstić information content (AvgIpc) is 2.55. The smallest absolute Gasteiger partial charge is 0.337 e. The normalized spacial score (nSPS) is 10.9. The van der Waals surface area contributed by atoms with Crippen molar-refractivity contribution in [2.75, 3.05) is 12.4 Å². The Morgan fingerprint density at radius 3 is 2.44 bits per heavy atom. The second kappa shape index (κ2) is 7.53. The monoisotopic (exact) mass is 361 g/mol. The molecule has 1 amide bonds. The minimum absolute atomic E-state index is 0.246. The average molecular weight is 362 g/mol. The van der Waals surface area contributed by atoms with Crippen LogP contribution in [-0.2, 0) is 4.74 Å². The van der Waals surface area contributed by atoms with Crippen molar-refractivity contribution in [3.63, 3.8) is 0 Å². The van der Waals surface area contributed by atoms with Crippen LogP contribution in [0.15, 0.2) is 36.5 Å². The van der Waals surface area contributed by atoms with Crippen LogP contribution in [0.2, 0.25) is 5.02 Å². The molecule has 1 aromatic heterocycles. The van der Waals surface area contributed by atoms with Crippen molar-refractivity contribution in [3.05, 3.63) is 52.8 Å². The summed E-state index contributed by atoms with van der Waals surface area (Å²) in [6.45, 7) is 5.70. The number of amides is 1. The van der Waals surface area contributed by atoms with Crippen molar-refractivity contribution in [1.29, 1.82) is 0 Å². The maximum absolute atomic E-state index is 12.1. The van der Waals surface area contributed by atoms with Crippen LogP contribution in [0.1, 0.15) is 41.6 Å². The Morgan fingerprint density at radius 1 is 1.16 bits per heavy atom. The van der Waals surface area contributed by atoms with E-state index in [1.807, 2.05) is 20.8 Å². The number of methoxy groups -OCH3 is 1. The molecule has 0 saturated heterocycles. The van der Waals surface area contributed by atoms with Crippen molar-refractivity contribution in [2.24, 2.45) is 0 Å². The minimum atomic E-state index is -0.452. The third-order valence-electron chi connectivity index (χ3n) is 3.15. The van der Waals surface area contributed by atoms with E-state index in [1.165, 1.54) is 13.3 Å². The zero-order valence-electron chi connectivity index (χ0n) is 14.5. The molecule has 132 valence electrons. The minimum Gasteiger partial charge on any atom is -0.465 e. The molecular weight excluding hydrogens is 342 g/mol. The molecular formula is C18H20ClN3O3. The summed E-state index contributed by atoms with van der Waals surface area (Å²) in [7, 11) is 1.31. The first-order valence-electron chi connectivity index (χ1n) is 7.63. The molecule has 0 saturated carbocycles. The first-order chi connectivity index (χ1) is 11.7. The summed E-state index contributed by atoms with van der Waals surface area (Å²) >= 11 is 6.15. The molecule has 0 bridgehead atoms. The van der Waals surface area contributed by atoms with Crippen LogP contribution in [0.25, 0.3) is 0 Å². The number of rotatable bonds is 4. The fourth-order valence-electron chi connectivity index (χ4n) is 2.03. The molecule has 0 atom stereocenters. The molecule has 0 aliphatic heterocycles. The van der Waals surface area contributed by atoms with E-state index < -0.39 is 5.97 Å². The van der Waals surface area contributed by atoms with Crippen molar-refractivity contribution >= 4 is 34.9 Å². The lowest BCUT2D eigenvalue weighted by Crippen LogP contribution is -2.40. The topological polar surface area (TPSA) is 80.3 Å². The van der Waals surface area contributed by atoms with E-state index in [1.54, 1.807) is 30.3 Å². The predicted molar refractivity (Wildman–Crippen MR) is 97.5 cm³/mol. The summed E-state index contributed by atoms with van der Waals surface area (Å²) in [6, 6.07) is 8.10. The van der Waals surface area contributed by atoms with E-state index >= 15 is 0 Å². The van der Waals surface area contributed by atoms with Crippen LogP contribution in [0.3, 0.4) is 0 Å². The van der Waals surface area contributed by atoms with Crippen molar-refractivity contribution in [1.82, 2.24) is 10.3 Å². The third kappa shape index (κ3) is 5.19. The third-order valence-corrected chi connectivity index (χ3v) is 3.48. The van der Waals surface area contributed by atoms with Gasteiger partial charge in [0.1, 0.15) is 5.69 Å². The highest BCUT2D eigenvalue weighted by molar-refractivity contribution is 6.33. The first-order valence-corrected chi connectivity index (χ1v) is 8.01. The number of aromatic nitrogens is 1. The number of anilines is 2. The molecule has 0 fully saturated rings. The molecule has 1 heterocycles. The van der Waals surface area contributed by atoms with Gasteiger partial charge in [0.05, 0.1) is 35.3 Å². The van der Waals surface area contributed by atoms with Crippen molar-refractivity contribution in [3.8, 4) is 0 Å². The summed E-state index contributed by atoms with van der Waals surface area (Å²) in [5, 5.41) is 6.36. The number of nitrogens with zero attached hydrogens (tertiary/aromatic N) is 1. The maximum atomic E-state index is 12.1. The van der Waals surface area contributed by atoms with Crippen LogP contribution in [0.5, 0.6) is 0 Å². The van der Waals surface area contributed by atoms with Gasteiger partial charge in [-0.05, 0) is 51.1 Å². The second-order valence-electron chi connectivity index (χ2n) is 6.45. The highest BCUT2D eigenvalue weighted by Crippen LogP contribution is 2.26. The number of pyridine rings is 1. The van der Waals surface area contributed by atoms with E-state index in [2.05, 4.69) is 15.6 Å². The zero-order valence-corrected chi connectivity index (χ0v) is 15.3. The largest absolute Gasteiger partial charge is 0.465 e. The van der Waals surface area contributed by atoms with E-state index in [0.29, 0.717) is 27.7 Å². The van der Waals surface area contributed by atoms with Gasteiger partial charge < -0.3 is 15.4 Å². The molecule has 2 aromatic rings. The van der Waals surface area contributed by atoms with Gasteiger partial charge in [-0.1, -0.05) is 11.6 Å². The maximum Gasteiger partial charge on any atom is 0.337 e. The Morgan fingerprint density at radius 2 is 1.88 bits per heavy atom.